The summed E-state index contributed by atoms with van der Waals surface area (Å²) >= 11 is 12.0. The van der Waals surface area contributed by atoms with Gasteiger partial charge in [0.2, 0.25) is 5.91 Å². The Labute approximate surface area is 104 Å². The standard InChI is InChI=1S/C11H12Cl2N2O/c12-8-1-2-9(13)10(5-8)15-4-3-7(6-15)11(14)16/h1-2,5,7H,3-4,6H2,(H2,14,16). The predicted molar refractivity (Wildman–Crippen MR) is 66.0 cm³/mol. The van der Waals surface area contributed by atoms with Crippen LogP contribution in [0, 0.1) is 5.92 Å². The maximum atomic E-state index is 11.1. The van der Waals surface area contributed by atoms with E-state index in [0.29, 0.717) is 16.6 Å². The van der Waals surface area contributed by atoms with Crippen LogP contribution in [-0.2, 0) is 4.79 Å². The van der Waals surface area contributed by atoms with Gasteiger partial charge in [0, 0.05) is 18.1 Å². The fourth-order valence-corrected chi connectivity index (χ4v) is 2.34. The zero-order valence-corrected chi connectivity index (χ0v) is 10.1. The van der Waals surface area contributed by atoms with E-state index in [-0.39, 0.29) is 11.8 Å². The van der Waals surface area contributed by atoms with Gasteiger partial charge < -0.3 is 10.6 Å². The molecule has 16 heavy (non-hydrogen) atoms. The Morgan fingerprint density at radius 1 is 1.44 bits per heavy atom. The molecule has 2 N–H and O–H groups in total. The molecule has 0 aromatic heterocycles. The molecule has 1 fully saturated rings. The number of rotatable bonds is 2. The van der Waals surface area contributed by atoms with Gasteiger partial charge in [0.25, 0.3) is 0 Å². The van der Waals surface area contributed by atoms with E-state index in [0.717, 1.165) is 18.7 Å². The summed E-state index contributed by atoms with van der Waals surface area (Å²) in [6, 6.07) is 5.32. The number of amides is 1. The van der Waals surface area contributed by atoms with Gasteiger partial charge in [-0.1, -0.05) is 23.2 Å². The number of nitrogens with two attached hydrogens (primary N) is 1. The number of primary amides is 1. The third-order valence-corrected chi connectivity index (χ3v) is 3.39. The van der Waals surface area contributed by atoms with Gasteiger partial charge >= 0.3 is 0 Å². The topological polar surface area (TPSA) is 46.3 Å². The molecule has 1 saturated heterocycles. The molecule has 1 aliphatic heterocycles. The van der Waals surface area contributed by atoms with Crippen LogP contribution >= 0.6 is 23.2 Å². The average Bonchev–Trinajstić information content (AvgIpc) is 2.70. The summed E-state index contributed by atoms with van der Waals surface area (Å²) in [6.07, 6.45) is 0.776. The monoisotopic (exact) mass is 258 g/mol. The highest BCUT2D eigenvalue weighted by Crippen LogP contribution is 2.32. The van der Waals surface area contributed by atoms with Crippen molar-refractivity contribution in [2.45, 2.75) is 6.42 Å². The molecule has 2 rings (SSSR count). The van der Waals surface area contributed by atoms with Crippen LogP contribution in [0.1, 0.15) is 6.42 Å². The maximum absolute atomic E-state index is 11.1. The molecule has 1 atom stereocenters. The summed E-state index contributed by atoms with van der Waals surface area (Å²) in [7, 11) is 0. The third kappa shape index (κ3) is 2.25. The van der Waals surface area contributed by atoms with Crippen molar-refractivity contribution in [3.8, 4) is 0 Å². The van der Waals surface area contributed by atoms with E-state index >= 15 is 0 Å². The van der Waals surface area contributed by atoms with Gasteiger partial charge in [-0.15, -0.1) is 0 Å². The fourth-order valence-electron chi connectivity index (χ4n) is 1.94. The molecule has 3 nitrogen and oxygen atoms in total. The minimum Gasteiger partial charge on any atom is -0.369 e. The van der Waals surface area contributed by atoms with Crippen LogP contribution in [0.25, 0.3) is 0 Å². The number of hydrogen-bond acceptors (Lipinski definition) is 2. The minimum absolute atomic E-state index is 0.0879. The Bertz CT molecular complexity index is 422. The molecule has 5 heteroatoms. The Balaban J connectivity index is 2.20. The van der Waals surface area contributed by atoms with E-state index in [9.17, 15) is 4.79 Å². The van der Waals surface area contributed by atoms with Crippen molar-refractivity contribution in [2.75, 3.05) is 18.0 Å². The molecule has 0 aliphatic carbocycles. The van der Waals surface area contributed by atoms with Gasteiger partial charge in [-0.25, -0.2) is 0 Å². The van der Waals surface area contributed by atoms with Crippen molar-refractivity contribution in [1.29, 1.82) is 0 Å². The van der Waals surface area contributed by atoms with E-state index in [4.69, 9.17) is 28.9 Å². The first-order valence-electron chi connectivity index (χ1n) is 5.07. The zero-order valence-electron chi connectivity index (χ0n) is 8.62. The summed E-state index contributed by atoms with van der Waals surface area (Å²) < 4.78 is 0. The van der Waals surface area contributed by atoms with Gasteiger partial charge in [0.15, 0.2) is 0 Å². The second kappa shape index (κ2) is 4.52. The quantitative estimate of drug-likeness (QED) is 0.885. The molecule has 0 saturated carbocycles. The lowest BCUT2D eigenvalue weighted by Crippen LogP contribution is -2.27. The Morgan fingerprint density at radius 3 is 2.81 bits per heavy atom. The van der Waals surface area contributed by atoms with Crippen molar-refractivity contribution in [2.24, 2.45) is 11.7 Å². The number of benzene rings is 1. The average molecular weight is 259 g/mol. The molecule has 1 unspecified atom stereocenters. The lowest BCUT2D eigenvalue weighted by Gasteiger charge is -2.19. The molecule has 1 aromatic carbocycles. The van der Waals surface area contributed by atoms with E-state index in [1.54, 1.807) is 12.1 Å². The normalized spacial score (nSPS) is 20.1. The summed E-state index contributed by atoms with van der Waals surface area (Å²) in [5, 5.41) is 1.29. The number of carbonyl (C=O) groups excluding carboxylic acids is 1. The molecule has 86 valence electrons. The van der Waals surface area contributed by atoms with Crippen LogP contribution in [0.15, 0.2) is 18.2 Å². The molecule has 0 bridgehead atoms. The lowest BCUT2D eigenvalue weighted by molar-refractivity contribution is -0.121. The van der Waals surface area contributed by atoms with E-state index in [1.807, 2.05) is 11.0 Å². The van der Waals surface area contributed by atoms with Gasteiger partial charge in [0.05, 0.1) is 16.6 Å². The van der Waals surface area contributed by atoms with Crippen LogP contribution in [0.4, 0.5) is 5.69 Å². The third-order valence-electron chi connectivity index (χ3n) is 2.84. The number of halogens is 2. The number of nitrogens with zero attached hydrogens (tertiary/aromatic N) is 1. The molecule has 1 aliphatic rings. The molecule has 1 amide bonds. The van der Waals surface area contributed by atoms with Crippen LogP contribution in [0.2, 0.25) is 10.0 Å². The maximum Gasteiger partial charge on any atom is 0.222 e. The van der Waals surface area contributed by atoms with E-state index in [1.165, 1.54) is 0 Å². The van der Waals surface area contributed by atoms with Crippen LogP contribution < -0.4 is 10.6 Å². The molecule has 0 spiro atoms. The van der Waals surface area contributed by atoms with Crippen molar-refractivity contribution >= 4 is 34.8 Å². The first kappa shape index (κ1) is 11.6. The van der Waals surface area contributed by atoms with Crippen LogP contribution in [0.5, 0.6) is 0 Å². The van der Waals surface area contributed by atoms with Gasteiger partial charge in [0.1, 0.15) is 0 Å². The van der Waals surface area contributed by atoms with Crippen LogP contribution in [0.3, 0.4) is 0 Å². The molecule has 0 radical (unpaired) electrons. The van der Waals surface area contributed by atoms with Crippen molar-refractivity contribution in [1.82, 2.24) is 0 Å². The summed E-state index contributed by atoms with van der Waals surface area (Å²) in [5.74, 6) is -0.337. The number of anilines is 1. The highest BCUT2D eigenvalue weighted by molar-refractivity contribution is 6.35. The van der Waals surface area contributed by atoms with Crippen LogP contribution in [-0.4, -0.2) is 19.0 Å². The van der Waals surface area contributed by atoms with Gasteiger partial charge in [-0.2, -0.15) is 0 Å². The Kier molecular flexibility index (Phi) is 3.26. The first-order valence-corrected chi connectivity index (χ1v) is 5.83. The van der Waals surface area contributed by atoms with E-state index < -0.39 is 0 Å². The smallest absolute Gasteiger partial charge is 0.222 e. The Hall–Kier alpha value is -0.930. The fraction of sp³-hybridized carbons (Fsp3) is 0.364. The second-order valence-corrected chi connectivity index (χ2v) is 4.77. The first-order chi connectivity index (χ1) is 7.58. The van der Waals surface area contributed by atoms with E-state index in [2.05, 4.69) is 0 Å². The highest BCUT2D eigenvalue weighted by Gasteiger charge is 2.27. The number of carbonyl (C=O) groups is 1. The van der Waals surface area contributed by atoms with Crippen molar-refractivity contribution < 1.29 is 4.79 Å². The molecule has 1 heterocycles. The summed E-state index contributed by atoms with van der Waals surface area (Å²) in [4.78, 5) is 13.1. The number of hydrogen-bond donors (Lipinski definition) is 1. The molecular formula is C11H12Cl2N2O. The molecule has 1 aromatic rings. The Morgan fingerprint density at radius 2 is 2.19 bits per heavy atom. The van der Waals surface area contributed by atoms with Gasteiger partial charge in [-0.05, 0) is 24.6 Å². The minimum atomic E-state index is -0.249. The zero-order chi connectivity index (χ0) is 11.7. The summed E-state index contributed by atoms with van der Waals surface area (Å²) in [5.41, 5.74) is 6.15. The second-order valence-electron chi connectivity index (χ2n) is 3.93. The van der Waals surface area contributed by atoms with Crippen molar-refractivity contribution in [3.05, 3.63) is 28.2 Å². The predicted octanol–water partition coefficient (Wildman–Crippen LogP) is 2.30. The lowest BCUT2D eigenvalue weighted by atomic mass is 10.1. The largest absolute Gasteiger partial charge is 0.369 e. The SMILES string of the molecule is NC(=O)C1CCN(c2cc(Cl)ccc2Cl)C1. The highest BCUT2D eigenvalue weighted by atomic mass is 35.5. The molecular weight excluding hydrogens is 247 g/mol. The van der Waals surface area contributed by atoms with Crippen molar-refractivity contribution in [3.63, 3.8) is 0 Å². The summed E-state index contributed by atoms with van der Waals surface area (Å²) in [6.45, 7) is 1.41. The van der Waals surface area contributed by atoms with Gasteiger partial charge in [-0.3, -0.25) is 4.79 Å².